The molecule has 1 aromatic carbocycles. The molecule has 0 aliphatic heterocycles. The number of aliphatic hydroxyl groups excluding tert-OH is 1. The number of aliphatic hydroxyl groups is 1. The fourth-order valence-corrected chi connectivity index (χ4v) is 3.95. The van der Waals surface area contributed by atoms with Crippen LogP contribution in [0.4, 0.5) is 0 Å². The maximum Gasteiger partial charge on any atom is 0.0543 e. The average molecular weight is 343 g/mol. The Morgan fingerprint density at radius 3 is 2.90 bits per heavy atom. The molecule has 1 nitrogen and oxygen atoms in total. The fraction of sp³-hybridized carbons (Fsp3) is 0.200. The van der Waals surface area contributed by atoms with Gasteiger partial charge in [-0.05, 0) is 29.6 Å². The van der Waals surface area contributed by atoms with Crippen LogP contribution in [0, 0.1) is 11.8 Å². The van der Waals surface area contributed by atoms with Crippen molar-refractivity contribution < 1.29 is 5.11 Å². The first-order valence-electron chi connectivity index (χ1n) is 5.94. The summed E-state index contributed by atoms with van der Waals surface area (Å²) in [6.45, 7) is 0.0966. The molecule has 2 rings (SSSR count). The lowest BCUT2D eigenvalue weighted by molar-refractivity contribution is 0.305. The summed E-state index contributed by atoms with van der Waals surface area (Å²) in [5.41, 5.74) is 1.02. The maximum atomic E-state index is 8.74. The van der Waals surface area contributed by atoms with Crippen molar-refractivity contribution in [1.29, 1.82) is 0 Å². The first-order valence-corrected chi connectivity index (χ1v) is 8.57. The highest BCUT2D eigenvalue weighted by Gasteiger charge is 2.06. The van der Waals surface area contributed by atoms with Crippen molar-refractivity contribution in [3.63, 3.8) is 0 Å². The van der Waals surface area contributed by atoms with E-state index >= 15 is 0 Å². The average Bonchev–Trinajstić information content (AvgIpc) is 2.88. The van der Waals surface area contributed by atoms with Crippen LogP contribution in [0.2, 0.25) is 10.0 Å². The third-order valence-electron chi connectivity index (χ3n) is 2.46. The van der Waals surface area contributed by atoms with Gasteiger partial charge in [0.1, 0.15) is 0 Å². The van der Waals surface area contributed by atoms with Crippen molar-refractivity contribution in [3.05, 3.63) is 50.1 Å². The van der Waals surface area contributed by atoms with Crippen LogP contribution in [0.3, 0.4) is 0 Å². The Balaban J connectivity index is 2.06. The van der Waals surface area contributed by atoms with Gasteiger partial charge < -0.3 is 5.11 Å². The molecule has 0 saturated carbocycles. The largest absolute Gasteiger partial charge is 0.395 e. The second kappa shape index (κ2) is 7.97. The van der Waals surface area contributed by atoms with Gasteiger partial charge in [-0.15, -0.1) is 23.1 Å². The summed E-state index contributed by atoms with van der Waals surface area (Å²) in [5.74, 6) is 6.84. The van der Waals surface area contributed by atoms with Gasteiger partial charge in [0.05, 0.1) is 11.6 Å². The molecule has 2 aromatic rings. The summed E-state index contributed by atoms with van der Waals surface area (Å²) in [6, 6.07) is 7.47. The summed E-state index contributed by atoms with van der Waals surface area (Å²) in [4.78, 5) is 2.18. The minimum Gasteiger partial charge on any atom is -0.395 e. The normalized spacial score (nSPS) is 10.2. The zero-order valence-corrected chi connectivity index (χ0v) is 13.7. The van der Waals surface area contributed by atoms with E-state index in [1.54, 1.807) is 29.2 Å². The molecule has 1 aromatic heterocycles. The van der Waals surface area contributed by atoms with E-state index in [-0.39, 0.29) is 6.61 Å². The van der Waals surface area contributed by atoms with Gasteiger partial charge in [0, 0.05) is 32.5 Å². The lowest BCUT2D eigenvalue weighted by Crippen LogP contribution is -1.82. The van der Waals surface area contributed by atoms with Gasteiger partial charge >= 0.3 is 0 Å². The van der Waals surface area contributed by atoms with Crippen LogP contribution in [0.5, 0.6) is 0 Å². The van der Waals surface area contributed by atoms with Crippen molar-refractivity contribution in [1.82, 2.24) is 0 Å². The molecule has 0 saturated heterocycles. The third kappa shape index (κ3) is 4.44. The van der Waals surface area contributed by atoms with E-state index in [0.717, 1.165) is 16.2 Å². The number of benzene rings is 1. The van der Waals surface area contributed by atoms with Gasteiger partial charge in [0.25, 0.3) is 0 Å². The van der Waals surface area contributed by atoms with Crippen molar-refractivity contribution in [2.75, 3.05) is 6.61 Å². The van der Waals surface area contributed by atoms with Gasteiger partial charge in [-0.25, -0.2) is 0 Å². The van der Waals surface area contributed by atoms with Crippen molar-refractivity contribution in [2.45, 2.75) is 17.1 Å². The molecule has 0 amide bonds. The molecule has 0 fully saturated rings. The highest BCUT2D eigenvalue weighted by Crippen LogP contribution is 2.33. The van der Waals surface area contributed by atoms with Gasteiger partial charge in [-0.3, -0.25) is 0 Å². The van der Waals surface area contributed by atoms with E-state index in [4.69, 9.17) is 28.3 Å². The Hall–Kier alpha value is -0.630. The minimum atomic E-state index is 0.0966. The lowest BCUT2D eigenvalue weighted by Gasteiger charge is -2.04. The molecule has 5 heteroatoms. The van der Waals surface area contributed by atoms with Gasteiger partial charge in [-0.2, -0.15) is 0 Å². The van der Waals surface area contributed by atoms with Crippen molar-refractivity contribution in [2.24, 2.45) is 0 Å². The Bertz CT molecular complexity index is 641. The van der Waals surface area contributed by atoms with Crippen LogP contribution in [0.15, 0.2) is 34.5 Å². The Morgan fingerprint density at radius 2 is 2.10 bits per heavy atom. The molecule has 0 aliphatic rings. The maximum absolute atomic E-state index is 8.74. The van der Waals surface area contributed by atoms with E-state index in [9.17, 15) is 0 Å². The molecule has 104 valence electrons. The molecular weight excluding hydrogens is 331 g/mol. The van der Waals surface area contributed by atoms with E-state index in [0.29, 0.717) is 16.5 Å². The standard InChI is InChI=1S/C15H12Cl2OS2/c16-12-4-5-13(17)14(9-12)20-10-15-11(6-8-19-15)3-1-2-7-18/h4-6,8-9,18H,2,7,10H2. The summed E-state index contributed by atoms with van der Waals surface area (Å²) < 4.78 is 0. The van der Waals surface area contributed by atoms with Gasteiger partial charge in [-0.1, -0.05) is 35.0 Å². The van der Waals surface area contributed by atoms with Crippen LogP contribution >= 0.6 is 46.3 Å². The lowest BCUT2D eigenvalue weighted by atomic mass is 10.2. The molecule has 0 radical (unpaired) electrons. The quantitative estimate of drug-likeness (QED) is 0.617. The van der Waals surface area contributed by atoms with Crippen LogP contribution < -0.4 is 0 Å². The molecule has 1 N–H and O–H groups in total. The monoisotopic (exact) mass is 342 g/mol. The number of thiophene rings is 1. The SMILES string of the molecule is OCCC#Cc1ccsc1CSc1cc(Cl)ccc1Cl. The molecule has 0 spiro atoms. The topological polar surface area (TPSA) is 20.2 Å². The van der Waals surface area contributed by atoms with E-state index in [2.05, 4.69) is 11.8 Å². The molecule has 0 unspecified atom stereocenters. The minimum absolute atomic E-state index is 0.0966. The van der Waals surface area contributed by atoms with Crippen molar-refractivity contribution in [3.8, 4) is 11.8 Å². The molecule has 0 atom stereocenters. The first-order chi connectivity index (χ1) is 9.70. The third-order valence-corrected chi connectivity index (χ3v) is 5.32. The van der Waals surface area contributed by atoms with Crippen LogP contribution in [-0.2, 0) is 5.75 Å². The predicted octanol–water partition coefficient (Wildman–Crippen LogP) is 5.08. The number of hydrogen-bond acceptors (Lipinski definition) is 3. The second-order valence-corrected chi connectivity index (χ2v) is 6.76. The summed E-state index contributed by atoms with van der Waals surface area (Å²) in [6.07, 6.45) is 0.503. The zero-order valence-electron chi connectivity index (χ0n) is 10.5. The number of halogens is 2. The Labute approximate surface area is 136 Å². The van der Waals surface area contributed by atoms with Gasteiger partial charge in [0.15, 0.2) is 0 Å². The van der Waals surface area contributed by atoms with E-state index in [1.165, 1.54) is 4.88 Å². The highest BCUT2D eigenvalue weighted by molar-refractivity contribution is 7.98. The molecule has 20 heavy (non-hydrogen) atoms. The molecule has 0 aliphatic carbocycles. The zero-order chi connectivity index (χ0) is 14.4. The molecule has 1 heterocycles. The van der Waals surface area contributed by atoms with Crippen LogP contribution in [0.1, 0.15) is 16.9 Å². The fourth-order valence-electron chi connectivity index (χ4n) is 1.51. The highest BCUT2D eigenvalue weighted by atomic mass is 35.5. The Kier molecular flexibility index (Phi) is 6.28. The van der Waals surface area contributed by atoms with E-state index < -0.39 is 0 Å². The Morgan fingerprint density at radius 1 is 1.25 bits per heavy atom. The predicted molar refractivity (Wildman–Crippen MR) is 88.9 cm³/mol. The number of thioether (sulfide) groups is 1. The smallest absolute Gasteiger partial charge is 0.0543 e. The second-order valence-electron chi connectivity index (χ2n) is 3.90. The number of hydrogen-bond donors (Lipinski definition) is 1. The number of rotatable bonds is 4. The van der Waals surface area contributed by atoms with Crippen LogP contribution in [-0.4, -0.2) is 11.7 Å². The summed E-state index contributed by atoms with van der Waals surface area (Å²) in [5, 5.41) is 12.2. The summed E-state index contributed by atoms with van der Waals surface area (Å²) in [7, 11) is 0. The van der Waals surface area contributed by atoms with Crippen LogP contribution in [0.25, 0.3) is 0 Å². The van der Waals surface area contributed by atoms with Gasteiger partial charge in [0.2, 0.25) is 0 Å². The van der Waals surface area contributed by atoms with Crippen molar-refractivity contribution >= 4 is 46.3 Å². The molecular formula is C15H12Cl2OS2. The summed E-state index contributed by atoms with van der Waals surface area (Å²) >= 11 is 15.4. The van der Waals surface area contributed by atoms with E-state index in [1.807, 2.05) is 23.6 Å². The molecule has 0 bridgehead atoms. The first kappa shape index (κ1) is 15.8.